The highest BCUT2D eigenvalue weighted by Crippen LogP contribution is 2.37. The zero-order valence-corrected chi connectivity index (χ0v) is 36.2. The Kier molecular flexibility index (Phi) is 22.8. The summed E-state index contributed by atoms with van der Waals surface area (Å²) in [4.78, 5) is 25.2. The van der Waals surface area contributed by atoms with E-state index in [-0.39, 0.29) is 38.5 Å². The first-order valence-corrected chi connectivity index (χ1v) is 21.6. The first-order valence-electron chi connectivity index (χ1n) is 21.6. The summed E-state index contributed by atoms with van der Waals surface area (Å²) in [5.74, 6) is -4.27. The molecule has 0 radical (unpaired) electrons. The molecule has 0 amide bonds. The van der Waals surface area contributed by atoms with Gasteiger partial charge >= 0.3 is 5.97 Å². The highest BCUT2D eigenvalue weighted by atomic mass is 16.7. The van der Waals surface area contributed by atoms with Gasteiger partial charge in [-0.1, -0.05) is 98.9 Å². The van der Waals surface area contributed by atoms with Crippen LogP contribution < -0.4 is 5.73 Å². The monoisotopic (exact) mass is 877 g/mol. The van der Waals surface area contributed by atoms with Crippen molar-refractivity contribution < 1.29 is 74.5 Å². The van der Waals surface area contributed by atoms with Crippen molar-refractivity contribution in [1.29, 1.82) is 0 Å². The summed E-state index contributed by atoms with van der Waals surface area (Å²) in [6.45, 7) is 6.70. The molecule has 62 heavy (non-hydrogen) atoms. The van der Waals surface area contributed by atoms with Crippen molar-refractivity contribution >= 4 is 11.8 Å². The van der Waals surface area contributed by atoms with Gasteiger partial charge in [0.2, 0.25) is 0 Å². The highest BCUT2D eigenvalue weighted by Gasteiger charge is 2.47. The Morgan fingerprint density at radius 2 is 1.23 bits per heavy atom. The van der Waals surface area contributed by atoms with Gasteiger partial charge in [0.25, 0.3) is 0 Å². The molecule has 0 aromatic carbocycles. The summed E-state index contributed by atoms with van der Waals surface area (Å²) in [5.41, 5.74) is 6.05. The van der Waals surface area contributed by atoms with Crippen molar-refractivity contribution in [3.05, 3.63) is 85.1 Å². The third kappa shape index (κ3) is 18.1. The highest BCUT2D eigenvalue weighted by molar-refractivity contribution is 5.78. The molecule has 17 atom stereocenters. The van der Waals surface area contributed by atoms with Gasteiger partial charge < -0.3 is 70.6 Å². The van der Waals surface area contributed by atoms with Gasteiger partial charge in [0.05, 0.1) is 73.5 Å². The van der Waals surface area contributed by atoms with E-state index in [1.807, 2.05) is 42.5 Å². The van der Waals surface area contributed by atoms with E-state index in [4.69, 9.17) is 24.7 Å². The average molecular weight is 878 g/mol. The standard InChI is InChI=1S/C46H71NO15/c1-28-30(3)59-41(55)24-34(50)23-33(49)22-32(48)20-21-37(52)39(54)27-46(58)26-38(53)29(2)40(62-46)25-35(61-45-44(57)42(47)43(56)31(4)60-45)18-16-14-12-10-8-6-5-7-9-11-13-15-17-19-36(28)51/h5-18,28-31,33-40,42-45,49-54,56-58H,19-27,47H2,1-4H3/b6-5+,9-7+,10-8+,13-11+,14-12+,17-15+,18-16+/t28-,29?,30-,31?,33?,34?,35-,36?,37+,38-,39?,40?,42?,43?,44?,45?,46?/m0/s1. The minimum atomic E-state index is -2.10. The van der Waals surface area contributed by atoms with Crippen LogP contribution in [0.25, 0.3) is 0 Å². The van der Waals surface area contributed by atoms with Crippen LogP contribution in [0.5, 0.6) is 0 Å². The molecule has 16 heteroatoms. The minimum Gasteiger partial charge on any atom is -0.462 e. The van der Waals surface area contributed by atoms with Crippen molar-refractivity contribution in [3.63, 3.8) is 0 Å². The van der Waals surface area contributed by atoms with Gasteiger partial charge in [0.1, 0.15) is 18.0 Å². The number of allylic oxidation sites excluding steroid dienone is 12. The molecule has 11 N–H and O–H groups in total. The van der Waals surface area contributed by atoms with Crippen LogP contribution in [0.3, 0.4) is 0 Å². The molecule has 2 saturated heterocycles. The zero-order valence-electron chi connectivity index (χ0n) is 36.2. The van der Waals surface area contributed by atoms with E-state index in [2.05, 4.69) is 0 Å². The van der Waals surface area contributed by atoms with Gasteiger partial charge in [0, 0.05) is 50.4 Å². The summed E-state index contributed by atoms with van der Waals surface area (Å²) in [5, 5.41) is 96.9. The van der Waals surface area contributed by atoms with E-state index in [0.29, 0.717) is 6.42 Å². The molecule has 3 heterocycles. The number of Topliss-reactive ketones (excluding diaryl/α,β-unsaturated/α-hetero) is 1. The molecule has 12 unspecified atom stereocenters. The number of ketones is 1. The van der Waals surface area contributed by atoms with Crippen molar-refractivity contribution in [2.75, 3.05) is 0 Å². The predicted molar refractivity (Wildman–Crippen MR) is 229 cm³/mol. The van der Waals surface area contributed by atoms with Gasteiger partial charge in [-0.2, -0.15) is 0 Å². The van der Waals surface area contributed by atoms with Crippen LogP contribution >= 0.6 is 0 Å². The number of carbonyl (C=O) groups is 2. The van der Waals surface area contributed by atoms with Crippen molar-refractivity contribution in [1.82, 2.24) is 0 Å². The number of esters is 1. The van der Waals surface area contributed by atoms with E-state index in [9.17, 15) is 55.5 Å². The van der Waals surface area contributed by atoms with E-state index in [0.717, 1.165) is 0 Å². The van der Waals surface area contributed by atoms with Gasteiger partial charge in [-0.15, -0.1) is 0 Å². The summed E-state index contributed by atoms with van der Waals surface area (Å²) in [6.07, 6.45) is 8.49. The number of ether oxygens (including phenoxy) is 4. The summed E-state index contributed by atoms with van der Waals surface area (Å²) in [6, 6.07) is -1.05. The number of aliphatic hydroxyl groups excluding tert-OH is 8. The second-order valence-corrected chi connectivity index (χ2v) is 16.9. The number of fused-ring (bicyclic) bond motifs is 2. The van der Waals surface area contributed by atoms with Gasteiger partial charge in [-0.3, -0.25) is 9.59 Å². The molecular formula is C46H71NO15. The first-order chi connectivity index (χ1) is 29.3. The maximum Gasteiger partial charge on any atom is 0.308 e. The van der Waals surface area contributed by atoms with Crippen LogP contribution in [0.4, 0.5) is 0 Å². The largest absolute Gasteiger partial charge is 0.462 e. The molecule has 0 spiro atoms. The second kappa shape index (κ2) is 26.6. The SMILES string of the molecule is CC1OC(O[C@H]2/C=C/C=C/C=C/C=C/C=C/C=C/C=C/CC(O)[C@@H](C)[C@H](C)OC(=O)CC(O)CC(O)CC(=O)CC[C@@H](O)C(O)CC3(O)C[C@H](O)C(C)C(C2)O3)C(O)C(N)C1O. The van der Waals surface area contributed by atoms with E-state index in [1.54, 1.807) is 70.2 Å². The van der Waals surface area contributed by atoms with E-state index >= 15 is 0 Å². The number of aliphatic hydroxyl groups is 9. The Balaban J connectivity index is 1.79. The van der Waals surface area contributed by atoms with Gasteiger partial charge in [-0.25, -0.2) is 0 Å². The van der Waals surface area contributed by atoms with Crippen LogP contribution in [0.2, 0.25) is 0 Å². The van der Waals surface area contributed by atoms with Crippen LogP contribution in [0, 0.1) is 11.8 Å². The van der Waals surface area contributed by atoms with Crippen molar-refractivity contribution in [3.8, 4) is 0 Å². The lowest BCUT2D eigenvalue weighted by Crippen LogP contribution is -2.61. The fourth-order valence-corrected chi connectivity index (χ4v) is 7.37. The van der Waals surface area contributed by atoms with E-state index < -0.39 is 128 Å². The number of cyclic esters (lactones) is 1. The third-order valence-corrected chi connectivity index (χ3v) is 11.6. The van der Waals surface area contributed by atoms with Crippen molar-refractivity contribution in [2.45, 2.75) is 177 Å². The fourth-order valence-electron chi connectivity index (χ4n) is 7.37. The van der Waals surface area contributed by atoms with Gasteiger partial charge in [-0.05, 0) is 26.7 Å². The Hall–Kier alpha value is -3.20. The number of carbonyl (C=O) groups excluding carboxylic acids is 2. The number of hydrogen-bond donors (Lipinski definition) is 10. The molecule has 2 fully saturated rings. The van der Waals surface area contributed by atoms with E-state index in [1.165, 1.54) is 0 Å². The predicted octanol–water partition coefficient (Wildman–Crippen LogP) is 1.61. The zero-order chi connectivity index (χ0) is 46.0. The van der Waals surface area contributed by atoms with Crippen molar-refractivity contribution in [2.24, 2.45) is 17.6 Å². The summed E-state index contributed by atoms with van der Waals surface area (Å²) in [7, 11) is 0. The minimum absolute atomic E-state index is 0.0322. The quantitative estimate of drug-likeness (QED) is 0.177. The number of hydrogen-bond acceptors (Lipinski definition) is 16. The number of nitrogens with two attached hydrogens (primary N) is 1. The number of rotatable bonds is 2. The molecule has 0 aromatic rings. The maximum absolute atomic E-state index is 12.7. The molecule has 0 aromatic heterocycles. The second-order valence-electron chi connectivity index (χ2n) is 16.9. The van der Waals surface area contributed by atoms with Crippen LogP contribution in [0.1, 0.15) is 85.5 Å². The molecular weight excluding hydrogens is 806 g/mol. The Morgan fingerprint density at radius 3 is 1.85 bits per heavy atom. The lowest BCUT2D eigenvalue weighted by molar-refractivity contribution is -0.310. The normalized spacial score (nSPS) is 44.8. The fraction of sp³-hybridized carbons (Fsp3) is 0.652. The lowest BCUT2D eigenvalue weighted by atomic mass is 9.83. The summed E-state index contributed by atoms with van der Waals surface area (Å²) < 4.78 is 23.4. The molecule has 3 rings (SSSR count). The Bertz CT molecular complexity index is 1580. The molecule has 350 valence electrons. The smallest absolute Gasteiger partial charge is 0.308 e. The molecule has 0 saturated carbocycles. The van der Waals surface area contributed by atoms with Gasteiger partial charge in [0.15, 0.2) is 12.1 Å². The Labute approximate surface area is 365 Å². The maximum atomic E-state index is 12.7. The summed E-state index contributed by atoms with van der Waals surface area (Å²) >= 11 is 0. The molecule has 2 bridgehead atoms. The third-order valence-electron chi connectivity index (χ3n) is 11.6. The molecule has 3 aliphatic rings. The van der Waals surface area contributed by atoms with Crippen LogP contribution in [-0.2, 0) is 28.5 Å². The Morgan fingerprint density at radius 1 is 0.661 bits per heavy atom. The molecule has 3 aliphatic heterocycles. The average Bonchev–Trinajstić information content (AvgIpc) is 3.20. The topological polar surface area (TPSA) is 279 Å². The van der Waals surface area contributed by atoms with Crippen LogP contribution in [0.15, 0.2) is 85.1 Å². The first kappa shape index (κ1) is 53.1. The molecule has 0 aliphatic carbocycles. The molecule has 16 nitrogen and oxygen atoms in total. The van der Waals surface area contributed by atoms with Crippen LogP contribution in [-0.4, -0.2) is 149 Å². The lowest BCUT2D eigenvalue weighted by Gasteiger charge is -2.46.